The summed E-state index contributed by atoms with van der Waals surface area (Å²) < 4.78 is 11.4. The number of aryl methyl sites for hydroxylation is 1. The fourth-order valence-corrected chi connectivity index (χ4v) is 4.83. The molecule has 36 heavy (non-hydrogen) atoms. The van der Waals surface area contributed by atoms with Gasteiger partial charge >= 0.3 is 6.09 Å². The van der Waals surface area contributed by atoms with Gasteiger partial charge in [-0.1, -0.05) is 23.4 Å². The topological polar surface area (TPSA) is 82.6 Å². The van der Waals surface area contributed by atoms with E-state index in [1.54, 1.807) is 0 Å². The van der Waals surface area contributed by atoms with Crippen LogP contribution in [0.5, 0.6) is 0 Å². The van der Waals surface area contributed by atoms with Gasteiger partial charge in [0, 0.05) is 30.6 Å². The maximum atomic E-state index is 12.3. The number of nitrogens with zero attached hydrogens (tertiary/aromatic N) is 4. The largest absolute Gasteiger partial charge is 0.444 e. The quantitative estimate of drug-likeness (QED) is 0.423. The molecule has 2 heterocycles. The van der Waals surface area contributed by atoms with Gasteiger partial charge < -0.3 is 19.1 Å². The molecular weight excluding hydrogens is 452 g/mol. The van der Waals surface area contributed by atoms with Gasteiger partial charge in [0.2, 0.25) is 0 Å². The normalized spacial score (nSPS) is 14.9. The molecule has 7 heteroatoms. The Morgan fingerprint density at radius 3 is 2.47 bits per heavy atom. The number of hydrogen-bond donors (Lipinski definition) is 0. The molecule has 0 aliphatic carbocycles. The van der Waals surface area contributed by atoms with E-state index < -0.39 is 5.60 Å². The van der Waals surface area contributed by atoms with Crippen LogP contribution in [0, 0.1) is 17.2 Å². The van der Waals surface area contributed by atoms with Crippen molar-refractivity contribution in [1.29, 1.82) is 5.26 Å². The van der Waals surface area contributed by atoms with Gasteiger partial charge in [-0.25, -0.2) is 4.79 Å². The molecule has 0 unspecified atom stereocenters. The van der Waals surface area contributed by atoms with Crippen LogP contribution in [0.1, 0.15) is 56.9 Å². The molecule has 0 spiro atoms. The first-order chi connectivity index (χ1) is 17.1. The molecular formula is C29H36N4O3. The Kier molecular flexibility index (Phi) is 7.65. The molecule has 0 atom stereocenters. The number of carbonyl (C=O) groups is 1. The number of amides is 1. The fraction of sp³-hybridized carbons (Fsp3) is 0.483. The van der Waals surface area contributed by atoms with Gasteiger partial charge in [-0.15, -0.1) is 0 Å². The van der Waals surface area contributed by atoms with Crippen LogP contribution < -0.4 is 0 Å². The van der Waals surface area contributed by atoms with Crippen LogP contribution in [0.4, 0.5) is 4.79 Å². The summed E-state index contributed by atoms with van der Waals surface area (Å²) >= 11 is 0. The van der Waals surface area contributed by atoms with Crippen molar-refractivity contribution >= 4 is 17.1 Å². The molecule has 0 radical (unpaired) electrons. The lowest BCUT2D eigenvalue weighted by Crippen LogP contribution is -2.41. The lowest BCUT2D eigenvalue weighted by Gasteiger charge is -2.33. The summed E-state index contributed by atoms with van der Waals surface area (Å²) in [6.07, 6.45) is 3.61. The third-order valence-corrected chi connectivity index (χ3v) is 6.67. The van der Waals surface area contributed by atoms with Gasteiger partial charge in [-0.3, -0.25) is 0 Å². The minimum absolute atomic E-state index is 0.213. The average Bonchev–Trinajstić information content (AvgIpc) is 3.25. The summed E-state index contributed by atoms with van der Waals surface area (Å²) in [5, 5.41) is 14.7. The second-order valence-electron chi connectivity index (χ2n) is 11.0. The number of benzene rings is 2. The number of rotatable bonds is 6. The lowest BCUT2D eigenvalue weighted by atomic mass is 9.90. The Labute approximate surface area is 213 Å². The number of nitriles is 1. The summed E-state index contributed by atoms with van der Waals surface area (Å²) in [6.45, 7) is 7.90. The molecule has 1 aliphatic heterocycles. The fourth-order valence-electron chi connectivity index (χ4n) is 4.83. The monoisotopic (exact) mass is 488 g/mol. The van der Waals surface area contributed by atoms with E-state index in [1.807, 2.05) is 64.0 Å². The van der Waals surface area contributed by atoms with Crippen LogP contribution in [-0.4, -0.2) is 53.8 Å². The minimum Gasteiger partial charge on any atom is -0.444 e. The Bertz CT molecular complexity index is 1240. The maximum Gasteiger partial charge on any atom is 0.410 e. The molecule has 4 rings (SSSR count). The Balaban J connectivity index is 1.46. The van der Waals surface area contributed by atoms with Crippen molar-refractivity contribution in [3.05, 3.63) is 53.2 Å². The number of hydrogen-bond acceptors (Lipinski definition) is 6. The average molecular weight is 489 g/mol. The Morgan fingerprint density at radius 1 is 1.17 bits per heavy atom. The predicted molar refractivity (Wildman–Crippen MR) is 140 cm³/mol. The van der Waals surface area contributed by atoms with Crippen LogP contribution >= 0.6 is 0 Å². The zero-order valence-electron chi connectivity index (χ0n) is 22.0. The molecule has 0 saturated carbocycles. The van der Waals surface area contributed by atoms with E-state index >= 15 is 0 Å². The zero-order chi connectivity index (χ0) is 25.9. The number of carbonyl (C=O) groups excluding carboxylic acids is 1. The van der Waals surface area contributed by atoms with Crippen molar-refractivity contribution in [3.63, 3.8) is 0 Å². The Hall–Kier alpha value is -3.37. The number of ether oxygens (including phenoxy) is 1. The third kappa shape index (κ3) is 6.06. The Morgan fingerprint density at radius 2 is 1.86 bits per heavy atom. The van der Waals surface area contributed by atoms with Gasteiger partial charge in [0.1, 0.15) is 5.60 Å². The van der Waals surface area contributed by atoms with Crippen LogP contribution in [0.25, 0.3) is 22.1 Å². The van der Waals surface area contributed by atoms with Gasteiger partial charge in [-0.05, 0) is 95.8 Å². The molecule has 0 bridgehead atoms. The van der Waals surface area contributed by atoms with Crippen LogP contribution in [0.2, 0.25) is 0 Å². The summed E-state index contributed by atoms with van der Waals surface area (Å²) in [5.41, 5.74) is 5.26. The first-order valence-electron chi connectivity index (χ1n) is 12.7. The SMILES string of the molecule is CN(C)Cc1c(-c2ccc(C#N)cc2)ccc2c(CCC3CCN(C(=O)OC(C)(C)C)CC3)noc12. The second-order valence-corrected chi connectivity index (χ2v) is 11.0. The molecule has 7 nitrogen and oxygen atoms in total. The van der Waals surface area contributed by atoms with Gasteiger partial charge in [-0.2, -0.15) is 5.26 Å². The molecule has 1 aliphatic rings. The van der Waals surface area contributed by atoms with Crippen molar-refractivity contribution in [2.24, 2.45) is 5.92 Å². The third-order valence-electron chi connectivity index (χ3n) is 6.67. The van der Waals surface area contributed by atoms with Crippen LogP contribution in [-0.2, 0) is 17.7 Å². The maximum absolute atomic E-state index is 12.3. The van der Waals surface area contributed by atoms with E-state index in [9.17, 15) is 4.79 Å². The molecule has 1 aromatic heterocycles. The van der Waals surface area contributed by atoms with E-state index in [1.165, 1.54) is 0 Å². The zero-order valence-corrected chi connectivity index (χ0v) is 22.0. The van der Waals surface area contributed by atoms with Gasteiger partial charge in [0.05, 0.1) is 17.3 Å². The molecule has 190 valence electrons. The molecule has 1 fully saturated rings. The van der Waals surface area contributed by atoms with Crippen molar-refractivity contribution in [1.82, 2.24) is 15.0 Å². The van der Waals surface area contributed by atoms with E-state index in [0.717, 1.165) is 78.7 Å². The standard InChI is InChI=1S/C29H36N4O3/c1-29(2,3)35-28(34)33-16-14-20(15-17-33)8-13-26-24-12-11-23(22-9-6-21(18-30)7-10-22)25(19-32(4)5)27(24)36-31-26/h6-7,9-12,20H,8,13-17,19H2,1-5H3. The highest BCUT2D eigenvalue weighted by Gasteiger charge is 2.27. The van der Waals surface area contributed by atoms with Crippen LogP contribution in [0.15, 0.2) is 40.9 Å². The van der Waals surface area contributed by atoms with Crippen molar-refractivity contribution < 1.29 is 14.1 Å². The first kappa shape index (κ1) is 25.7. The van der Waals surface area contributed by atoms with Crippen molar-refractivity contribution in [3.8, 4) is 17.2 Å². The summed E-state index contributed by atoms with van der Waals surface area (Å²) in [7, 11) is 4.09. The molecule has 1 amide bonds. The van der Waals surface area contributed by atoms with Gasteiger partial charge in [0.25, 0.3) is 0 Å². The highest BCUT2D eigenvalue weighted by atomic mass is 16.6. The first-order valence-corrected chi connectivity index (χ1v) is 12.7. The summed E-state index contributed by atoms with van der Waals surface area (Å²) in [5.74, 6) is 0.551. The molecule has 1 saturated heterocycles. The molecule has 2 aromatic carbocycles. The van der Waals surface area contributed by atoms with E-state index in [-0.39, 0.29) is 6.09 Å². The highest BCUT2D eigenvalue weighted by molar-refractivity contribution is 5.89. The highest BCUT2D eigenvalue weighted by Crippen LogP contribution is 2.34. The number of likely N-dealkylation sites (tertiary alicyclic amines) is 1. The van der Waals surface area contributed by atoms with E-state index in [0.29, 0.717) is 11.5 Å². The lowest BCUT2D eigenvalue weighted by molar-refractivity contribution is 0.0181. The number of fused-ring (bicyclic) bond motifs is 1. The van der Waals surface area contributed by atoms with Crippen LogP contribution in [0.3, 0.4) is 0 Å². The van der Waals surface area contributed by atoms with Crippen molar-refractivity contribution in [2.45, 2.75) is 58.6 Å². The second kappa shape index (κ2) is 10.7. The van der Waals surface area contributed by atoms with Crippen molar-refractivity contribution in [2.75, 3.05) is 27.2 Å². The number of aromatic nitrogens is 1. The molecule has 3 aromatic rings. The molecule has 0 N–H and O–H groups in total. The van der Waals surface area contributed by atoms with E-state index in [2.05, 4.69) is 28.3 Å². The summed E-state index contributed by atoms with van der Waals surface area (Å²) in [4.78, 5) is 16.3. The minimum atomic E-state index is -0.465. The smallest absolute Gasteiger partial charge is 0.410 e. The number of piperidine rings is 1. The van der Waals surface area contributed by atoms with E-state index in [4.69, 9.17) is 14.5 Å². The van der Waals surface area contributed by atoms with Gasteiger partial charge in [0.15, 0.2) is 5.58 Å². The summed E-state index contributed by atoms with van der Waals surface area (Å²) in [6, 6.07) is 14.1. The predicted octanol–water partition coefficient (Wildman–Crippen LogP) is 6.01.